The minimum atomic E-state index is -0.943. The van der Waals surface area contributed by atoms with Gasteiger partial charge in [-0.25, -0.2) is 4.79 Å². The summed E-state index contributed by atoms with van der Waals surface area (Å²) >= 11 is 0. The van der Waals surface area contributed by atoms with E-state index in [1.807, 2.05) is 6.07 Å². The molecule has 4 nitrogen and oxygen atoms in total. The third kappa shape index (κ3) is 3.13. The number of carboxylic acids is 1. The number of hydrogen-bond acceptors (Lipinski definition) is 2. The van der Waals surface area contributed by atoms with Gasteiger partial charge in [0.1, 0.15) is 5.75 Å². The van der Waals surface area contributed by atoms with Crippen molar-refractivity contribution in [2.45, 2.75) is 39.2 Å². The maximum atomic E-state index is 11.3. The monoisotopic (exact) mass is 399 g/mol. The highest BCUT2D eigenvalue weighted by Crippen LogP contribution is 2.43. The molecule has 0 atom stereocenters. The van der Waals surface area contributed by atoms with Crippen LogP contribution in [0.5, 0.6) is 5.75 Å². The summed E-state index contributed by atoms with van der Waals surface area (Å²) in [5.74, 6) is -0.169. The number of aliphatic carboxylic acids is 1. The first-order chi connectivity index (χ1) is 14.6. The van der Waals surface area contributed by atoms with Gasteiger partial charge in [0.05, 0.1) is 10.9 Å². The van der Waals surface area contributed by atoms with Gasteiger partial charge in [-0.3, -0.25) is 0 Å². The van der Waals surface area contributed by atoms with Crippen LogP contribution in [0.3, 0.4) is 0 Å². The van der Waals surface area contributed by atoms with Gasteiger partial charge >= 0.3 is 5.97 Å². The predicted molar refractivity (Wildman–Crippen MR) is 119 cm³/mol. The van der Waals surface area contributed by atoms with Crippen molar-refractivity contribution in [3.63, 3.8) is 0 Å². The summed E-state index contributed by atoms with van der Waals surface area (Å²) in [7, 11) is 0. The largest absolute Gasteiger partial charge is 0.481 e. The van der Waals surface area contributed by atoms with E-state index in [-0.39, 0.29) is 6.61 Å². The highest BCUT2D eigenvalue weighted by Gasteiger charge is 2.24. The minimum absolute atomic E-state index is 0.317. The van der Waals surface area contributed by atoms with Crippen molar-refractivity contribution in [3.8, 4) is 5.75 Å². The quantitative estimate of drug-likeness (QED) is 0.482. The Hall–Kier alpha value is -3.27. The van der Waals surface area contributed by atoms with Gasteiger partial charge in [0, 0.05) is 17.4 Å². The van der Waals surface area contributed by atoms with E-state index in [2.05, 4.69) is 60.0 Å². The van der Waals surface area contributed by atoms with E-state index in [4.69, 9.17) is 4.74 Å². The molecule has 0 saturated heterocycles. The number of fused-ring (bicyclic) bond motifs is 4. The number of carboxylic acid groups (broad SMARTS) is 1. The minimum Gasteiger partial charge on any atom is -0.481 e. The highest BCUT2D eigenvalue weighted by molar-refractivity contribution is 6.13. The number of ether oxygens (including phenoxy) is 1. The first-order valence-corrected chi connectivity index (χ1v) is 10.6. The molecular formula is C26H25NO3. The van der Waals surface area contributed by atoms with Crippen LogP contribution in [0.25, 0.3) is 21.8 Å². The summed E-state index contributed by atoms with van der Waals surface area (Å²) < 4.78 is 8.35. The van der Waals surface area contributed by atoms with Crippen molar-refractivity contribution in [2.75, 3.05) is 6.61 Å². The number of aromatic nitrogens is 1. The molecule has 0 saturated carbocycles. The molecule has 0 unspecified atom stereocenters. The van der Waals surface area contributed by atoms with E-state index in [0.29, 0.717) is 0 Å². The van der Waals surface area contributed by atoms with Crippen molar-refractivity contribution < 1.29 is 14.6 Å². The molecule has 0 fully saturated rings. The average Bonchev–Trinajstić information content (AvgIpc) is 3.06. The zero-order valence-electron chi connectivity index (χ0n) is 17.1. The molecule has 4 heteroatoms. The van der Waals surface area contributed by atoms with Gasteiger partial charge in [0.2, 0.25) is 0 Å². The van der Waals surface area contributed by atoms with Crippen molar-refractivity contribution >= 4 is 27.8 Å². The molecule has 30 heavy (non-hydrogen) atoms. The molecule has 0 radical (unpaired) electrons. The lowest BCUT2D eigenvalue weighted by atomic mass is 9.89. The molecule has 1 heterocycles. The summed E-state index contributed by atoms with van der Waals surface area (Å²) in [5.41, 5.74) is 7.20. The van der Waals surface area contributed by atoms with E-state index in [1.54, 1.807) is 0 Å². The first-order valence-electron chi connectivity index (χ1n) is 10.6. The Morgan fingerprint density at radius 1 is 1.00 bits per heavy atom. The van der Waals surface area contributed by atoms with Gasteiger partial charge in [-0.05, 0) is 67.0 Å². The highest BCUT2D eigenvalue weighted by atomic mass is 16.5. The second-order valence-electron chi connectivity index (χ2n) is 8.17. The van der Waals surface area contributed by atoms with E-state index >= 15 is 0 Å². The van der Waals surface area contributed by atoms with E-state index in [0.717, 1.165) is 59.8 Å². The molecule has 1 N–H and O–H groups in total. The fourth-order valence-corrected chi connectivity index (χ4v) is 4.87. The van der Waals surface area contributed by atoms with Crippen LogP contribution in [-0.4, -0.2) is 22.2 Å². The summed E-state index contributed by atoms with van der Waals surface area (Å²) in [6.07, 6.45) is 4.23. The number of carbonyl (C=O) groups is 1. The zero-order chi connectivity index (χ0) is 20.7. The molecule has 4 aromatic rings. The molecule has 1 aliphatic rings. The van der Waals surface area contributed by atoms with Crippen LogP contribution in [0, 0.1) is 6.92 Å². The van der Waals surface area contributed by atoms with Crippen molar-refractivity contribution in [2.24, 2.45) is 0 Å². The number of nitrogens with zero attached hydrogens (tertiary/aromatic N) is 1. The van der Waals surface area contributed by atoms with Crippen molar-refractivity contribution in [3.05, 3.63) is 76.9 Å². The Bertz CT molecular complexity index is 1250. The maximum absolute atomic E-state index is 11.3. The Morgan fingerprint density at radius 3 is 2.60 bits per heavy atom. The maximum Gasteiger partial charge on any atom is 0.341 e. The van der Waals surface area contributed by atoms with E-state index in [1.165, 1.54) is 22.3 Å². The smallest absolute Gasteiger partial charge is 0.341 e. The van der Waals surface area contributed by atoms with Crippen LogP contribution in [0.15, 0.2) is 54.6 Å². The Morgan fingerprint density at radius 2 is 1.80 bits per heavy atom. The number of benzene rings is 3. The first kappa shape index (κ1) is 18.7. The van der Waals surface area contributed by atoms with Gasteiger partial charge in [-0.1, -0.05) is 42.5 Å². The molecule has 0 bridgehead atoms. The fraction of sp³-hybridized carbons (Fsp3) is 0.269. The van der Waals surface area contributed by atoms with Crippen LogP contribution in [0.1, 0.15) is 35.1 Å². The van der Waals surface area contributed by atoms with Gasteiger partial charge in [0.25, 0.3) is 0 Å². The molecule has 0 amide bonds. The lowest BCUT2D eigenvalue weighted by Crippen LogP contribution is -2.13. The van der Waals surface area contributed by atoms with Crippen LogP contribution in [0.2, 0.25) is 0 Å². The predicted octanol–water partition coefficient (Wildman–Crippen LogP) is 5.49. The standard InChI is InChI=1S/C26H25NO3/c1-17-8-7-13-21-24(17)25-22(27(21)15-18-9-3-2-4-10-18)14-19-11-5-6-12-20(19)26(25)30-16-23(28)29/h2-4,7-10,13-14H,5-6,11-12,15-16H2,1H3,(H,28,29). The van der Waals surface area contributed by atoms with Crippen molar-refractivity contribution in [1.29, 1.82) is 0 Å². The second-order valence-corrected chi connectivity index (χ2v) is 8.17. The van der Waals surface area contributed by atoms with Crippen LogP contribution >= 0.6 is 0 Å². The van der Waals surface area contributed by atoms with Gasteiger partial charge in [-0.2, -0.15) is 0 Å². The Kier molecular flexibility index (Phi) is 4.70. The van der Waals surface area contributed by atoms with Gasteiger partial charge in [0.15, 0.2) is 6.61 Å². The molecule has 152 valence electrons. The van der Waals surface area contributed by atoms with Crippen LogP contribution in [-0.2, 0) is 24.2 Å². The van der Waals surface area contributed by atoms with Crippen LogP contribution < -0.4 is 4.74 Å². The lowest BCUT2D eigenvalue weighted by molar-refractivity contribution is -0.139. The Balaban J connectivity index is 1.84. The van der Waals surface area contributed by atoms with Gasteiger partial charge < -0.3 is 14.4 Å². The molecule has 0 spiro atoms. The lowest BCUT2D eigenvalue weighted by Gasteiger charge is -2.21. The summed E-state index contributed by atoms with van der Waals surface area (Å²) in [4.78, 5) is 11.3. The topological polar surface area (TPSA) is 51.5 Å². The van der Waals surface area contributed by atoms with E-state index in [9.17, 15) is 9.90 Å². The Labute approximate surface area is 175 Å². The number of hydrogen-bond donors (Lipinski definition) is 1. The fourth-order valence-electron chi connectivity index (χ4n) is 4.87. The molecule has 5 rings (SSSR count). The van der Waals surface area contributed by atoms with Crippen LogP contribution in [0.4, 0.5) is 0 Å². The summed E-state index contributed by atoms with van der Waals surface area (Å²) in [6, 6.07) is 19.2. The third-order valence-electron chi connectivity index (χ3n) is 6.18. The van der Waals surface area contributed by atoms with E-state index < -0.39 is 5.97 Å². The SMILES string of the molecule is Cc1cccc2c1c1c(OCC(=O)O)c3c(cc1n2Cc1ccccc1)CCCC3. The second kappa shape index (κ2) is 7.52. The zero-order valence-corrected chi connectivity index (χ0v) is 17.1. The molecule has 1 aromatic heterocycles. The average molecular weight is 399 g/mol. The summed E-state index contributed by atoms with van der Waals surface area (Å²) in [6.45, 7) is 2.57. The molecular weight excluding hydrogens is 374 g/mol. The molecule has 0 aliphatic heterocycles. The third-order valence-corrected chi connectivity index (χ3v) is 6.18. The number of aryl methyl sites for hydroxylation is 2. The van der Waals surface area contributed by atoms with Gasteiger partial charge in [-0.15, -0.1) is 0 Å². The summed E-state index contributed by atoms with van der Waals surface area (Å²) in [5, 5.41) is 11.5. The molecule has 3 aromatic carbocycles. The number of rotatable bonds is 5. The molecule has 1 aliphatic carbocycles. The van der Waals surface area contributed by atoms with Crippen molar-refractivity contribution in [1.82, 2.24) is 4.57 Å². The normalized spacial score (nSPS) is 13.5.